The molecule has 0 N–H and O–H groups in total. The first-order chi connectivity index (χ1) is 4.83. The Kier molecular flexibility index (Phi) is 3.27. The Hall–Kier alpha value is 0.0300. The molecule has 0 heterocycles. The van der Waals surface area contributed by atoms with E-state index in [2.05, 4.69) is 13.0 Å². The van der Waals surface area contributed by atoms with E-state index in [4.69, 9.17) is 11.6 Å². The smallest absolute Gasteiger partial charge is 0.0521 e. The summed E-state index contributed by atoms with van der Waals surface area (Å²) in [5.41, 5.74) is 1.59. The fraction of sp³-hybridized carbons (Fsp3) is 0.778. The molecule has 1 atom stereocenters. The van der Waals surface area contributed by atoms with E-state index in [-0.39, 0.29) is 0 Å². The minimum absolute atomic E-state index is 0.340. The van der Waals surface area contributed by atoms with Gasteiger partial charge in [0.05, 0.1) is 5.38 Å². The Morgan fingerprint density at radius 1 is 1.70 bits per heavy atom. The van der Waals surface area contributed by atoms with Gasteiger partial charge in [-0.05, 0) is 25.7 Å². The molecule has 1 aliphatic rings. The van der Waals surface area contributed by atoms with Crippen LogP contribution in [0.4, 0.5) is 0 Å². The Morgan fingerprint density at radius 2 is 2.50 bits per heavy atom. The third-order valence-electron chi connectivity index (χ3n) is 2.01. The van der Waals surface area contributed by atoms with Crippen molar-refractivity contribution in [2.24, 2.45) is 0 Å². The van der Waals surface area contributed by atoms with Crippen molar-refractivity contribution in [2.75, 3.05) is 0 Å². The molecule has 1 heteroatoms. The first-order valence-corrected chi connectivity index (χ1v) is 4.60. The number of rotatable bonds is 3. The Morgan fingerprint density at radius 3 is 3.00 bits per heavy atom. The molecule has 0 aliphatic heterocycles. The Bertz CT molecular complexity index is 127. The Labute approximate surface area is 68.3 Å². The van der Waals surface area contributed by atoms with Gasteiger partial charge < -0.3 is 0 Å². The summed E-state index contributed by atoms with van der Waals surface area (Å²) >= 11 is 5.91. The molecule has 0 nitrogen and oxygen atoms in total. The molecule has 0 spiro atoms. The highest BCUT2D eigenvalue weighted by Crippen LogP contribution is 2.26. The molecular weight excluding hydrogens is 144 g/mol. The van der Waals surface area contributed by atoms with Crippen LogP contribution in [0, 0.1) is 0 Å². The minimum Gasteiger partial charge on any atom is -0.118 e. The molecule has 0 aromatic carbocycles. The van der Waals surface area contributed by atoms with Gasteiger partial charge in [0.15, 0.2) is 0 Å². The van der Waals surface area contributed by atoms with Gasteiger partial charge in [0.2, 0.25) is 0 Å². The van der Waals surface area contributed by atoms with Crippen LogP contribution in [0.1, 0.15) is 39.0 Å². The Balaban J connectivity index is 2.22. The number of alkyl halides is 1. The predicted octanol–water partition coefficient (Wildman–Crippen LogP) is 3.50. The number of hydrogen-bond donors (Lipinski definition) is 0. The molecule has 0 saturated heterocycles. The molecular formula is C9H15Cl. The number of allylic oxidation sites excluding steroid dienone is 2. The normalized spacial score (nSPS) is 25.0. The van der Waals surface area contributed by atoms with Crippen molar-refractivity contribution in [1.29, 1.82) is 0 Å². The van der Waals surface area contributed by atoms with Crippen molar-refractivity contribution >= 4 is 11.6 Å². The summed E-state index contributed by atoms with van der Waals surface area (Å²) in [6, 6.07) is 0. The van der Waals surface area contributed by atoms with E-state index in [0.29, 0.717) is 5.38 Å². The van der Waals surface area contributed by atoms with Crippen molar-refractivity contribution in [3.8, 4) is 0 Å². The van der Waals surface area contributed by atoms with Gasteiger partial charge in [-0.25, -0.2) is 0 Å². The highest BCUT2D eigenvalue weighted by Gasteiger charge is 2.11. The molecule has 1 aliphatic carbocycles. The largest absolute Gasteiger partial charge is 0.118 e. The maximum atomic E-state index is 5.91. The molecule has 0 saturated carbocycles. The summed E-state index contributed by atoms with van der Waals surface area (Å²) in [4.78, 5) is 0. The maximum absolute atomic E-state index is 5.91. The summed E-state index contributed by atoms with van der Waals surface area (Å²) in [5.74, 6) is 0. The lowest BCUT2D eigenvalue weighted by Crippen LogP contribution is -1.81. The van der Waals surface area contributed by atoms with Crippen LogP contribution in [-0.2, 0) is 0 Å². The topological polar surface area (TPSA) is 0 Å². The second-order valence-electron chi connectivity index (χ2n) is 2.98. The van der Waals surface area contributed by atoms with Crippen LogP contribution in [0.15, 0.2) is 11.6 Å². The van der Waals surface area contributed by atoms with Crippen LogP contribution < -0.4 is 0 Å². The van der Waals surface area contributed by atoms with Gasteiger partial charge in [-0.1, -0.05) is 25.0 Å². The van der Waals surface area contributed by atoms with Crippen LogP contribution in [0.5, 0.6) is 0 Å². The maximum Gasteiger partial charge on any atom is 0.0521 e. The predicted molar refractivity (Wildman–Crippen MR) is 46.5 cm³/mol. The highest BCUT2D eigenvalue weighted by atomic mass is 35.5. The van der Waals surface area contributed by atoms with Crippen molar-refractivity contribution < 1.29 is 0 Å². The fourth-order valence-electron chi connectivity index (χ4n) is 1.36. The molecule has 10 heavy (non-hydrogen) atoms. The molecule has 0 bridgehead atoms. The molecule has 58 valence electrons. The molecule has 1 rings (SSSR count). The minimum atomic E-state index is 0.340. The first kappa shape index (κ1) is 8.13. The van der Waals surface area contributed by atoms with Gasteiger partial charge in [-0.3, -0.25) is 0 Å². The van der Waals surface area contributed by atoms with Crippen molar-refractivity contribution in [1.82, 2.24) is 0 Å². The lowest BCUT2D eigenvalue weighted by Gasteiger charge is -1.96. The van der Waals surface area contributed by atoms with E-state index >= 15 is 0 Å². The van der Waals surface area contributed by atoms with Crippen LogP contribution in [0.2, 0.25) is 0 Å². The standard InChI is InChI=1S/C9H15Cl/c1-2-3-4-8-5-6-9(10)7-8/h7,9H,2-6H2,1H3. The van der Waals surface area contributed by atoms with Gasteiger partial charge in [-0.15, -0.1) is 11.6 Å². The summed E-state index contributed by atoms with van der Waals surface area (Å²) in [6.07, 6.45) is 8.55. The molecule has 0 aromatic rings. The van der Waals surface area contributed by atoms with Crippen LogP contribution in [0.3, 0.4) is 0 Å². The monoisotopic (exact) mass is 158 g/mol. The lowest BCUT2D eigenvalue weighted by molar-refractivity contribution is 0.761. The number of unbranched alkanes of at least 4 members (excludes halogenated alkanes) is 1. The SMILES string of the molecule is CCCCC1=CC(Cl)CC1. The van der Waals surface area contributed by atoms with E-state index < -0.39 is 0 Å². The average Bonchev–Trinajstić information content (AvgIpc) is 2.31. The summed E-state index contributed by atoms with van der Waals surface area (Å²) in [6.45, 7) is 2.23. The zero-order valence-corrected chi connectivity index (χ0v) is 7.32. The summed E-state index contributed by atoms with van der Waals surface area (Å²) in [5, 5.41) is 0.340. The van der Waals surface area contributed by atoms with E-state index in [1.54, 1.807) is 5.57 Å². The van der Waals surface area contributed by atoms with E-state index in [1.807, 2.05) is 0 Å². The quantitative estimate of drug-likeness (QED) is 0.436. The molecule has 1 unspecified atom stereocenters. The fourth-order valence-corrected chi connectivity index (χ4v) is 1.65. The molecule has 0 radical (unpaired) electrons. The number of hydrogen-bond acceptors (Lipinski definition) is 0. The van der Waals surface area contributed by atoms with Crippen LogP contribution in [0.25, 0.3) is 0 Å². The zero-order chi connectivity index (χ0) is 7.40. The van der Waals surface area contributed by atoms with Crippen molar-refractivity contribution in [3.05, 3.63) is 11.6 Å². The van der Waals surface area contributed by atoms with Crippen LogP contribution >= 0.6 is 11.6 Å². The van der Waals surface area contributed by atoms with Gasteiger partial charge in [0.1, 0.15) is 0 Å². The van der Waals surface area contributed by atoms with Crippen molar-refractivity contribution in [2.45, 2.75) is 44.4 Å². The third kappa shape index (κ3) is 2.34. The van der Waals surface area contributed by atoms with E-state index in [9.17, 15) is 0 Å². The highest BCUT2D eigenvalue weighted by molar-refractivity contribution is 6.22. The van der Waals surface area contributed by atoms with Crippen molar-refractivity contribution in [3.63, 3.8) is 0 Å². The molecule has 0 fully saturated rings. The molecule has 0 amide bonds. The van der Waals surface area contributed by atoms with E-state index in [0.717, 1.165) is 0 Å². The second kappa shape index (κ2) is 4.02. The van der Waals surface area contributed by atoms with Gasteiger partial charge >= 0.3 is 0 Å². The zero-order valence-electron chi connectivity index (χ0n) is 6.57. The number of halogens is 1. The summed E-state index contributed by atoms with van der Waals surface area (Å²) in [7, 11) is 0. The molecule has 0 aromatic heterocycles. The van der Waals surface area contributed by atoms with Gasteiger partial charge in [-0.2, -0.15) is 0 Å². The third-order valence-corrected chi connectivity index (χ3v) is 2.35. The second-order valence-corrected chi connectivity index (χ2v) is 3.54. The van der Waals surface area contributed by atoms with Crippen LogP contribution in [-0.4, -0.2) is 5.38 Å². The lowest BCUT2D eigenvalue weighted by atomic mass is 10.1. The summed E-state index contributed by atoms with van der Waals surface area (Å²) < 4.78 is 0. The van der Waals surface area contributed by atoms with Gasteiger partial charge in [0.25, 0.3) is 0 Å². The average molecular weight is 159 g/mol. The van der Waals surface area contributed by atoms with E-state index in [1.165, 1.54) is 32.1 Å². The first-order valence-electron chi connectivity index (χ1n) is 4.16. The van der Waals surface area contributed by atoms with Gasteiger partial charge in [0, 0.05) is 0 Å².